The van der Waals surface area contributed by atoms with Gasteiger partial charge in [-0.3, -0.25) is 0 Å². The Morgan fingerprint density at radius 1 is 1.17 bits per heavy atom. The van der Waals surface area contributed by atoms with Crippen LogP contribution >= 0.6 is 11.6 Å². The van der Waals surface area contributed by atoms with Gasteiger partial charge in [0.15, 0.2) is 0 Å². The van der Waals surface area contributed by atoms with Crippen LogP contribution in [-0.4, -0.2) is 18.6 Å². The number of hydrogen-bond donors (Lipinski definition) is 0. The van der Waals surface area contributed by atoms with E-state index in [1.54, 1.807) is 7.11 Å². The predicted molar refractivity (Wildman–Crippen MR) is 54.8 cm³/mol. The molecule has 2 atom stereocenters. The molecule has 2 unspecified atom stereocenters. The highest BCUT2D eigenvalue weighted by atomic mass is 35.5. The molecule has 0 rings (SSSR count). The zero-order chi connectivity index (χ0) is 9.56. The molecule has 0 aliphatic heterocycles. The van der Waals surface area contributed by atoms with Gasteiger partial charge in [0.05, 0.1) is 6.10 Å². The predicted octanol–water partition coefficient (Wildman–Crippen LogP) is 3.46. The second kappa shape index (κ2) is 6.73. The molecule has 1 nitrogen and oxygen atoms in total. The minimum Gasteiger partial charge on any atom is -0.382 e. The Morgan fingerprint density at radius 2 is 1.75 bits per heavy atom. The molecule has 0 heterocycles. The van der Waals surface area contributed by atoms with Crippen LogP contribution in [0, 0.1) is 5.92 Å². The first-order chi connectivity index (χ1) is 5.56. The first-order valence-corrected chi connectivity index (χ1v) is 5.16. The first kappa shape index (κ1) is 12.2. The van der Waals surface area contributed by atoms with Gasteiger partial charge in [0.25, 0.3) is 0 Å². The van der Waals surface area contributed by atoms with Crippen LogP contribution in [0.15, 0.2) is 0 Å². The third kappa shape index (κ3) is 6.93. The van der Waals surface area contributed by atoms with Gasteiger partial charge >= 0.3 is 0 Å². The molecular formula is C10H21ClO. The Morgan fingerprint density at radius 3 is 2.17 bits per heavy atom. The number of rotatable bonds is 6. The van der Waals surface area contributed by atoms with Crippen molar-refractivity contribution in [2.24, 2.45) is 5.92 Å². The standard InChI is InChI=1S/C10H21ClO/c1-8(2)7-10(11)6-5-9(3)12-4/h8-10H,5-7H2,1-4H3. The van der Waals surface area contributed by atoms with Gasteiger partial charge in [0, 0.05) is 12.5 Å². The molecule has 0 bridgehead atoms. The van der Waals surface area contributed by atoms with E-state index in [0.29, 0.717) is 17.4 Å². The molecule has 0 aromatic heterocycles. The lowest BCUT2D eigenvalue weighted by Crippen LogP contribution is -2.10. The van der Waals surface area contributed by atoms with Crippen molar-refractivity contribution < 1.29 is 4.74 Å². The number of halogens is 1. The number of methoxy groups -OCH3 is 1. The van der Waals surface area contributed by atoms with Gasteiger partial charge in [-0.15, -0.1) is 11.6 Å². The fourth-order valence-electron chi connectivity index (χ4n) is 1.16. The number of ether oxygens (including phenoxy) is 1. The molecule has 74 valence electrons. The van der Waals surface area contributed by atoms with Crippen LogP contribution in [0.5, 0.6) is 0 Å². The lowest BCUT2D eigenvalue weighted by Gasteiger charge is -2.14. The highest BCUT2D eigenvalue weighted by molar-refractivity contribution is 6.20. The summed E-state index contributed by atoms with van der Waals surface area (Å²) in [6.07, 6.45) is 3.59. The SMILES string of the molecule is COC(C)CCC(Cl)CC(C)C. The summed E-state index contributed by atoms with van der Waals surface area (Å²) < 4.78 is 5.15. The molecule has 12 heavy (non-hydrogen) atoms. The van der Waals surface area contributed by atoms with E-state index >= 15 is 0 Å². The van der Waals surface area contributed by atoms with E-state index in [2.05, 4.69) is 20.8 Å². The Hall–Kier alpha value is 0.250. The molecule has 0 fully saturated rings. The fourth-order valence-corrected chi connectivity index (χ4v) is 1.65. The summed E-state index contributed by atoms with van der Waals surface area (Å²) >= 11 is 6.12. The smallest absolute Gasteiger partial charge is 0.0543 e. The molecule has 0 saturated carbocycles. The van der Waals surface area contributed by atoms with Gasteiger partial charge in [-0.2, -0.15) is 0 Å². The third-order valence-corrected chi connectivity index (χ3v) is 2.41. The fraction of sp³-hybridized carbons (Fsp3) is 1.00. The number of alkyl halides is 1. The largest absolute Gasteiger partial charge is 0.382 e. The topological polar surface area (TPSA) is 9.23 Å². The minimum absolute atomic E-state index is 0.322. The molecule has 0 amide bonds. The highest BCUT2D eigenvalue weighted by Gasteiger charge is 2.09. The lowest BCUT2D eigenvalue weighted by atomic mass is 10.0. The molecule has 0 aliphatic carbocycles. The van der Waals surface area contributed by atoms with Crippen LogP contribution in [0.4, 0.5) is 0 Å². The summed E-state index contributed by atoms with van der Waals surface area (Å²) in [6.45, 7) is 6.49. The maximum Gasteiger partial charge on any atom is 0.0543 e. The average molecular weight is 193 g/mol. The summed E-state index contributed by atoms with van der Waals surface area (Å²) in [7, 11) is 1.75. The van der Waals surface area contributed by atoms with E-state index in [0.717, 1.165) is 19.3 Å². The first-order valence-electron chi connectivity index (χ1n) is 4.73. The van der Waals surface area contributed by atoms with Crippen molar-refractivity contribution in [2.75, 3.05) is 7.11 Å². The summed E-state index contributed by atoms with van der Waals surface area (Å²) in [5.74, 6) is 0.699. The van der Waals surface area contributed by atoms with Crippen molar-refractivity contribution in [3.05, 3.63) is 0 Å². The maximum absolute atomic E-state index is 6.12. The van der Waals surface area contributed by atoms with Crippen molar-refractivity contribution >= 4 is 11.6 Å². The van der Waals surface area contributed by atoms with E-state index in [9.17, 15) is 0 Å². The van der Waals surface area contributed by atoms with Crippen LogP contribution in [0.1, 0.15) is 40.0 Å². The maximum atomic E-state index is 6.12. The molecule has 0 saturated heterocycles. The minimum atomic E-state index is 0.322. The summed E-state index contributed by atoms with van der Waals surface area (Å²) in [5, 5.41) is 0.322. The van der Waals surface area contributed by atoms with E-state index in [1.165, 1.54) is 0 Å². The average Bonchev–Trinajstić information content (AvgIpc) is 1.99. The summed E-state index contributed by atoms with van der Waals surface area (Å²) in [5.41, 5.74) is 0. The van der Waals surface area contributed by atoms with Crippen molar-refractivity contribution in [3.8, 4) is 0 Å². The zero-order valence-corrected chi connectivity index (χ0v) is 9.40. The van der Waals surface area contributed by atoms with Crippen molar-refractivity contribution in [2.45, 2.75) is 51.5 Å². The summed E-state index contributed by atoms with van der Waals surface area (Å²) in [6, 6.07) is 0. The Labute approximate surface area is 81.4 Å². The molecule has 0 aliphatic rings. The molecule has 0 aromatic carbocycles. The van der Waals surface area contributed by atoms with Gasteiger partial charge in [0.2, 0.25) is 0 Å². The third-order valence-electron chi connectivity index (χ3n) is 2.02. The second-order valence-electron chi connectivity index (χ2n) is 3.85. The molecule has 0 spiro atoms. The van der Waals surface area contributed by atoms with E-state index in [1.807, 2.05) is 0 Å². The van der Waals surface area contributed by atoms with Crippen LogP contribution in [0.25, 0.3) is 0 Å². The van der Waals surface area contributed by atoms with Crippen LogP contribution in [0.2, 0.25) is 0 Å². The number of hydrogen-bond acceptors (Lipinski definition) is 1. The van der Waals surface area contributed by atoms with Gasteiger partial charge in [0.1, 0.15) is 0 Å². The molecule has 0 N–H and O–H groups in total. The normalized spacial score (nSPS) is 16.5. The highest BCUT2D eigenvalue weighted by Crippen LogP contribution is 2.17. The van der Waals surface area contributed by atoms with E-state index in [4.69, 9.17) is 16.3 Å². The summed E-state index contributed by atoms with van der Waals surface area (Å²) in [4.78, 5) is 0. The van der Waals surface area contributed by atoms with Gasteiger partial charge in [-0.1, -0.05) is 13.8 Å². The Bertz CT molecular complexity index is 104. The Balaban J connectivity index is 3.36. The zero-order valence-electron chi connectivity index (χ0n) is 8.64. The van der Waals surface area contributed by atoms with E-state index in [-0.39, 0.29) is 0 Å². The van der Waals surface area contributed by atoms with Gasteiger partial charge in [-0.05, 0) is 32.1 Å². The lowest BCUT2D eigenvalue weighted by molar-refractivity contribution is 0.108. The van der Waals surface area contributed by atoms with Crippen molar-refractivity contribution in [1.82, 2.24) is 0 Å². The van der Waals surface area contributed by atoms with Crippen molar-refractivity contribution in [3.63, 3.8) is 0 Å². The Kier molecular flexibility index (Phi) is 6.87. The monoisotopic (exact) mass is 192 g/mol. The molecule has 2 heteroatoms. The van der Waals surface area contributed by atoms with Gasteiger partial charge in [-0.25, -0.2) is 0 Å². The van der Waals surface area contributed by atoms with Crippen molar-refractivity contribution in [1.29, 1.82) is 0 Å². The second-order valence-corrected chi connectivity index (χ2v) is 4.47. The van der Waals surface area contributed by atoms with Crippen LogP contribution in [0.3, 0.4) is 0 Å². The van der Waals surface area contributed by atoms with Crippen LogP contribution < -0.4 is 0 Å². The molecule has 0 radical (unpaired) electrons. The van der Waals surface area contributed by atoms with Gasteiger partial charge < -0.3 is 4.74 Å². The molecular weight excluding hydrogens is 172 g/mol. The quantitative estimate of drug-likeness (QED) is 0.586. The van der Waals surface area contributed by atoms with E-state index < -0.39 is 0 Å². The van der Waals surface area contributed by atoms with Crippen LogP contribution in [-0.2, 0) is 4.74 Å². The molecule has 0 aromatic rings.